The minimum absolute atomic E-state index is 0.0104. The van der Waals surface area contributed by atoms with Crippen LogP contribution in [0.15, 0.2) is 18.2 Å². The molecule has 5 nitrogen and oxygen atoms in total. The standard InChI is InChI=1S/C15H18Cl2N4O/c1-4-20(5-2)14(22)9-21-15(18-10(3)19-21)11-6-7-12(16)13(17)8-11/h6-8H,4-5,9H2,1-3H3. The second kappa shape index (κ2) is 7.11. The van der Waals surface area contributed by atoms with E-state index in [0.29, 0.717) is 34.8 Å². The van der Waals surface area contributed by atoms with E-state index in [9.17, 15) is 4.79 Å². The molecule has 22 heavy (non-hydrogen) atoms. The first-order valence-electron chi connectivity index (χ1n) is 7.10. The van der Waals surface area contributed by atoms with Gasteiger partial charge in [0.15, 0.2) is 5.82 Å². The minimum atomic E-state index is 0.0104. The van der Waals surface area contributed by atoms with Gasteiger partial charge in [-0.1, -0.05) is 23.2 Å². The average Bonchev–Trinajstić information content (AvgIpc) is 2.84. The van der Waals surface area contributed by atoms with Gasteiger partial charge in [0.1, 0.15) is 12.4 Å². The van der Waals surface area contributed by atoms with E-state index in [-0.39, 0.29) is 12.5 Å². The smallest absolute Gasteiger partial charge is 0.244 e. The highest BCUT2D eigenvalue weighted by molar-refractivity contribution is 6.42. The molecule has 1 amide bonds. The van der Waals surface area contributed by atoms with Crippen molar-refractivity contribution in [3.05, 3.63) is 34.1 Å². The van der Waals surface area contributed by atoms with Crippen LogP contribution < -0.4 is 0 Å². The van der Waals surface area contributed by atoms with Crippen molar-refractivity contribution in [1.82, 2.24) is 19.7 Å². The minimum Gasteiger partial charge on any atom is -0.342 e. The van der Waals surface area contributed by atoms with Crippen LogP contribution in [0.2, 0.25) is 10.0 Å². The molecule has 0 unspecified atom stereocenters. The van der Waals surface area contributed by atoms with Crippen molar-refractivity contribution in [3.63, 3.8) is 0 Å². The lowest BCUT2D eigenvalue weighted by atomic mass is 10.2. The molecule has 0 aliphatic carbocycles. The first-order chi connectivity index (χ1) is 10.5. The molecule has 0 N–H and O–H groups in total. The molecular formula is C15H18Cl2N4O. The Bertz CT molecular complexity index is 680. The van der Waals surface area contributed by atoms with E-state index < -0.39 is 0 Å². The topological polar surface area (TPSA) is 51.0 Å². The average molecular weight is 341 g/mol. The number of carbonyl (C=O) groups excluding carboxylic acids is 1. The Labute approximate surface area is 139 Å². The van der Waals surface area contributed by atoms with Crippen molar-refractivity contribution in [2.45, 2.75) is 27.3 Å². The molecule has 0 aliphatic rings. The lowest BCUT2D eigenvalue weighted by molar-refractivity contribution is -0.131. The predicted octanol–water partition coefficient (Wildman–Crippen LogP) is 3.43. The number of hydrogen-bond donors (Lipinski definition) is 0. The summed E-state index contributed by atoms with van der Waals surface area (Å²) in [6.45, 7) is 7.19. The van der Waals surface area contributed by atoms with E-state index in [1.54, 1.807) is 28.6 Å². The summed E-state index contributed by atoms with van der Waals surface area (Å²) in [5.74, 6) is 1.22. The van der Waals surface area contributed by atoms with Gasteiger partial charge in [-0.3, -0.25) is 4.79 Å². The Morgan fingerprint density at radius 1 is 1.23 bits per heavy atom. The fraction of sp³-hybridized carbons (Fsp3) is 0.400. The van der Waals surface area contributed by atoms with Crippen molar-refractivity contribution in [2.24, 2.45) is 0 Å². The highest BCUT2D eigenvalue weighted by Crippen LogP contribution is 2.27. The third kappa shape index (κ3) is 3.59. The van der Waals surface area contributed by atoms with Crippen molar-refractivity contribution in [3.8, 4) is 11.4 Å². The third-order valence-corrected chi connectivity index (χ3v) is 4.10. The SMILES string of the molecule is CCN(CC)C(=O)Cn1nc(C)nc1-c1ccc(Cl)c(Cl)c1. The predicted molar refractivity (Wildman–Crippen MR) is 88.1 cm³/mol. The van der Waals surface area contributed by atoms with Gasteiger partial charge in [0.05, 0.1) is 10.0 Å². The number of aryl methyl sites for hydroxylation is 1. The van der Waals surface area contributed by atoms with Gasteiger partial charge in [-0.2, -0.15) is 5.10 Å². The van der Waals surface area contributed by atoms with Crippen LogP contribution in [0.1, 0.15) is 19.7 Å². The Hall–Kier alpha value is -1.59. The Balaban J connectivity index is 2.34. The molecule has 2 aromatic rings. The molecule has 0 atom stereocenters. The maximum atomic E-state index is 12.3. The first-order valence-corrected chi connectivity index (χ1v) is 7.86. The lowest BCUT2D eigenvalue weighted by Gasteiger charge is -2.18. The summed E-state index contributed by atoms with van der Waals surface area (Å²) in [4.78, 5) is 18.4. The molecule has 0 radical (unpaired) electrons. The summed E-state index contributed by atoms with van der Waals surface area (Å²) in [7, 11) is 0. The van der Waals surface area contributed by atoms with E-state index in [1.807, 2.05) is 19.9 Å². The molecule has 1 heterocycles. The quantitative estimate of drug-likeness (QED) is 0.837. The van der Waals surface area contributed by atoms with Crippen LogP contribution >= 0.6 is 23.2 Å². The Kier molecular flexibility index (Phi) is 5.42. The zero-order valence-corrected chi connectivity index (χ0v) is 14.3. The van der Waals surface area contributed by atoms with Gasteiger partial charge in [-0.05, 0) is 39.0 Å². The van der Waals surface area contributed by atoms with E-state index >= 15 is 0 Å². The number of halogens is 2. The fourth-order valence-electron chi connectivity index (χ4n) is 2.22. The maximum Gasteiger partial charge on any atom is 0.244 e. The number of rotatable bonds is 5. The van der Waals surface area contributed by atoms with Crippen LogP contribution in [0.25, 0.3) is 11.4 Å². The number of benzene rings is 1. The molecule has 0 bridgehead atoms. The van der Waals surface area contributed by atoms with Crippen molar-refractivity contribution in [2.75, 3.05) is 13.1 Å². The first kappa shape index (κ1) is 16.8. The van der Waals surface area contributed by atoms with Crippen LogP contribution in [0.3, 0.4) is 0 Å². The van der Waals surface area contributed by atoms with Crippen molar-refractivity contribution >= 4 is 29.1 Å². The molecule has 0 saturated carbocycles. The summed E-state index contributed by atoms with van der Waals surface area (Å²) in [6.07, 6.45) is 0. The van der Waals surface area contributed by atoms with Crippen LogP contribution in [0.4, 0.5) is 0 Å². The number of nitrogens with zero attached hydrogens (tertiary/aromatic N) is 4. The second-order valence-electron chi connectivity index (χ2n) is 4.84. The summed E-state index contributed by atoms with van der Waals surface area (Å²) in [5.41, 5.74) is 0.780. The normalized spacial score (nSPS) is 10.8. The molecule has 118 valence electrons. The van der Waals surface area contributed by atoms with Gasteiger partial charge in [-0.25, -0.2) is 9.67 Å². The van der Waals surface area contributed by atoms with Crippen molar-refractivity contribution < 1.29 is 4.79 Å². The second-order valence-corrected chi connectivity index (χ2v) is 5.65. The molecule has 0 saturated heterocycles. The fourth-order valence-corrected chi connectivity index (χ4v) is 2.52. The number of carbonyl (C=O) groups is 1. The van der Waals surface area contributed by atoms with Gasteiger partial charge in [0, 0.05) is 18.7 Å². The van der Waals surface area contributed by atoms with Crippen LogP contribution in [-0.4, -0.2) is 38.7 Å². The van der Waals surface area contributed by atoms with Crippen molar-refractivity contribution in [1.29, 1.82) is 0 Å². The van der Waals surface area contributed by atoms with Gasteiger partial charge >= 0.3 is 0 Å². The Morgan fingerprint density at radius 3 is 2.50 bits per heavy atom. The summed E-state index contributed by atoms with van der Waals surface area (Å²) >= 11 is 12.0. The van der Waals surface area contributed by atoms with E-state index in [1.165, 1.54) is 0 Å². The zero-order chi connectivity index (χ0) is 16.3. The van der Waals surface area contributed by atoms with Crippen LogP contribution in [-0.2, 0) is 11.3 Å². The number of likely N-dealkylation sites (N-methyl/N-ethyl adjacent to an activating group) is 1. The number of amides is 1. The Morgan fingerprint density at radius 2 is 1.91 bits per heavy atom. The molecule has 7 heteroatoms. The highest BCUT2D eigenvalue weighted by Gasteiger charge is 2.16. The maximum absolute atomic E-state index is 12.3. The molecule has 2 rings (SSSR count). The van der Waals surface area contributed by atoms with Crippen LogP contribution in [0.5, 0.6) is 0 Å². The van der Waals surface area contributed by atoms with Gasteiger partial charge in [0.25, 0.3) is 0 Å². The number of hydrogen-bond acceptors (Lipinski definition) is 3. The lowest BCUT2D eigenvalue weighted by Crippen LogP contribution is -2.33. The largest absolute Gasteiger partial charge is 0.342 e. The summed E-state index contributed by atoms with van der Waals surface area (Å²) in [5, 5.41) is 5.24. The zero-order valence-electron chi connectivity index (χ0n) is 12.8. The van der Waals surface area contributed by atoms with Gasteiger partial charge < -0.3 is 4.90 Å². The summed E-state index contributed by atoms with van der Waals surface area (Å²) in [6, 6.07) is 5.25. The number of aromatic nitrogens is 3. The van der Waals surface area contributed by atoms with Gasteiger partial charge in [-0.15, -0.1) is 0 Å². The summed E-state index contributed by atoms with van der Waals surface area (Å²) < 4.78 is 1.61. The molecular weight excluding hydrogens is 323 g/mol. The monoisotopic (exact) mass is 340 g/mol. The van der Waals surface area contributed by atoms with Crippen LogP contribution in [0, 0.1) is 6.92 Å². The molecule has 0 fully saturated rings. The molecule has 0 spiro atoms. The van der Waals surface area contributed by atoms with Gasteiger partial charge in [0.2, 0.25) is 5.91 Å². The molecule has 1 aromatic heterocycles. The molecule has 1 aromatic carbocycles. The third-order valence-electron chi connectivity index (χ3n) is 3.36. The van der Waals surface area contributed by atoms with E-state index in [2.05, 4.69) is 10.1 Å². The molecule has 0 aliphatic heterocycles. The highest BCUT2D eigenvalue weighted by atomic mass is 35.5. The van der Waals surface area contributed by atoms with E-state index in [0.717, 1.165) is 5.56 Å². The van der Waals surface area contributed by atoms with E-state index in [4.69, 9.17) is 23.2 Å².